The average Bonchev–Trinajstić information content (AvgIpc) is 3.21. The van der Waals surface area contributed by atoms with E-state index in [9.17, 15) is 18.0 Å². The summed E-state index contributed by atoms with van der Waals surface area (Å²) in [4.78, 5) is 18.4. The first kappa shape index (κ1) is 27.8. The highest BCUT2D eigenvalue weighted by molar-refractivity contribution is 8.00. The molecule has 2 aliphatic heterocycles. The Balaban J connectivity index is 1.43. The second kappa shape index (κ2) is 11.4. The van der Waals surface area contributed by atoms with Crippen molar-refractivity contribution in [3.05, 3.63) is 41.6 Å². The largest absolute Gasteiger partial charge is 0.495 e. The third-order valence-corrected chi connectivity index (χ3v) is 7.66. The van der Waals surface area contributed by atoms with Crippen molar-refractivity contribution in [1.82, 2.24) is 19.6 Å². The number of anilines is 2. The Kier molecular flexibility index (Phi) is 7.91. The first-order valence-corrected chi connectivity index (χ1v) is 13.5. The number of thioether (sulfide) groups is 1. The third kappa shape index (κ3) is 5.73. The van der Waals surface area contributed by atoms with Crippen molar-refractivity contribution in [2.24, 2.45) is 0 Å². The maximum absolute atomic E-state index is 14.8. The number of likely N-dealkylation sites (tertiary alicyclic amines) is 1. The molecule has 13 heteroatoms. The smallest absolute Gasteiger partial charge is 0.332 e. The predicted molar refractivity (Wildman–Crippen MR) is 148 cm³/mol. The lowest BCUT2D eigenvalue weighted by Crippen LogP contribution is -2.46. The van der Waals surface area contributed by atoms with Crippen molar-refractivity contribution in [2.45, 2.75) is 28.9 Å². The molecule has 0 bridgehead atoms. The van der Waals surface area contributed by atoms with Crippen LogP contribution in [0.25, 0.3) is 5.65 Å². The molecule has 1 fully saturated rings. The number of benzene rings is 1. The third-order valence-electron chi connectivity index (χ3n) is 6.67. The van der Waals surface area contributed by atoms with Gasteiger partial charge in [-0.2, -0.15) is 8.78 Å². The number of ether oxygens (including phenoxy) is 2. The molecule has 1 aromatic carbocycles. The van der Waals surface area contributed by atoms with E-state index in [0.29, 0.717) is 53.1 Å². The highest BCUT2D eigenvalue weighted by Crippen LogP contribution is 2.43. The van der Waals surface area contributed by atoms with Gasteiger partial charge in [-0.05, 0) is 55.4 Å². The zero-order valence-corrected chi connectivity index (χ0v) is 23.0. The van der Waals surface area contributed by atoms with E-state index < -0.39 is 24.1 Å². The van der Waals surface area contributed by atoms with Crippen LogP contribution in [0.5, 0.6) is 11.6 Å². The molecule has 0 spiro atoms. The number of nitrogens with one attached hydrogen (secondary N) is 3. The molecule has 2 atom stereocenters. The number of pyridine rings is 1. The minimum Gasteiger partial charge on any atom is -0.495 e. The molecule has 0 saturated carbocycles. The topological polar surface area (TPSA) is 92.2 Å². The molecule has 0 unspecified atom stereocenters. The highest BCUT2D eigenvalue weighted by Gasteiger charge is 2.38. The lowest BCUT2D eigenvalue weighted by molar-refractivity contribution is 0.0473. The van der Waals surface area contributed by atoms with Crippen molar-refractivity contribution >= 4 is 34.7 Å². The number of imidazole rings is 1. The van der Waals surface area contributed by atoms with Gasteiger partial charge in [-0.15, -0.1) is 0 Å². The van der Waals surface area contributed by atoms with Crippen LogP contribution in [0, 0.1) is 11.8 Å². The number of halogens is 3. The summed E-state index contributed by atoms with van der Waals surface area (Å²) in [6.07, 6.45) is -0.500. The summed E-state index contributed by atoms with van der Waals surface area (Å²) in [6, 6.07) is 7.77. The van der Waals surface area contributed by atoms with E-state index in [1.54, 1.807) is 37.4 Å². The summed E-state index contributed by atoms with van der Waals surface area (Å²) in [5.41, 5.74) is 2.07. The van der Waals surface area contributed by atoms with Gasteiger partial charge in [0, 0.05) is 31.8 Å². The number of hydrogen-bond donors (Lipinski definition) is 3. The molecule has 0 aliphatic carbocycles. The fourth-order valence-electron chi connectivity index (χ4n) is 4.63. The quantitative estimate of drug-likeness (QED) is 0.384. The van der Waals surface area contributed by atoms with Gasteiger partial charge in [-0.25, -0.2) is 9.37 Å². The van der Waals surface area contributed by atoms with Gasteiger partial charge in [-0.3, -0.25) is 9.20 Å². The van der Waals surface area contributed by atoms with E-state index in [4.69, 9.17) is 9.47 Å². The molecule has 4 heterocycles. The molecule has 3 aromatic rings. The van der Waals surface area contributed by atoms with E-state index >= 15 is 0 Å². The van der Waals surface area contributed by atoms with Crippen LogP contribution in [0.2, 0.25) is 0 Å². The number of amides is 1. The number of nitrogens with zero attached hydrogens (tertiary/aromatic N) is 3. The van der Waals surface area contributed by atoms with Gasteiger partial charge in [0.25, 0.3) is 5.91 Å². The number of methoxy groups -OCH3 is 1. The summed E-state index contributed by atoms with van der Waals surface area (Å²) in [6.45, 7) is 0.390. The fraction of sp³-hybridized carbons (Fsp3) is 0.407. The fourth-order valence-corrected chi connectivity index (χ4v) is 5.50. The number of piperidine rings is 1. The van der Waals surface area contributed by atoms with Crippen LogP contribution in [-0.2, 0) is 0 Å². The molecular weight excluding hydrogens is 545 g/mol. The van der Waals surface area contributed by atoms with E-state index in [-0.39, 0.29) is 29.1 Å². The van der Waals surface area contributed by atoms with Gasteiger partial charge in [0.05, 0.1) is 31.1 Å². The van der Waals surface area contributed by atoms with Crippen LogP contribution < -0.4 is 25.4 Å². The van der Waals surface area contributed by atoms with Crippen molar-refractivity contribution < 1.29 is 27.4 Å². The molecule has 0 radical (unpaired) electrons. The number of alkyl halides is 3. The zero-order chi connectivity index (χ0) is 28.4. The first-order valence-electron chi connectivity index (χ1n) is 12.7. The number of rotatable bonds is 6. The van der Waals surface area contributed by atoms with Gasteiger partial charge in [0.2, 0.25) is 5.88 Å². The van der Waals surface area contributed by atoms with Crippen LogP contribution in [0.4, 0.5) is 24.5 Å². The number of hydrogen-bond acceptors (Lipinski definition) is 8. The molecule has 5 rings (SSSR count). The Morgan fingerprint density at radius 2 is 2.10 bits per heavy atom. The highest BCUT2D eigenvalue weighted by atomic mass is 32.2. The van der Waals surface area contributed by atoms with Gasteiger partial charge < -0.3 is 30.3 Å². The normalized spacial score (nSPS) is 20.1. The standard InChI is InChI=1S/C27H29F3N6O3S/c1-31-25(37)16-6-7-19(22(13-16)38-3)32-11-4-5-21-26-36-23(39-15-27(29,30)40-26)9-8-20(24(36)34-21)33-18-10-12-35(2)14-17(18)28/h6-9,13,17-18,32-33H,10-12,14-15H2,1-3H3,(H,31,37)/t17-,18+/m0/s1. The van der Waals surface area contributed by atoms with E-state index in [2.05, 4.69) is 32.8 Å². The lowest BCUT2D eigenvalue weighted by Gasteiger charge is -2.33. The number of carbonyl (C=O) groups is 1. The molecular formula is C27H29F3N6O3S. The SMILES string of the molecule is CNC(=O)c1ccc(NCC#Cc2nc3c(N[C@@H]4CCN(C)C[C@@H]4F)ccc4n3c2SC(F)(F)CO4)c(OC)c1. The molecule has 1 saturated heterocycles. The molecule has 9 nitrogen and oxygen atoms in total. The minimum absolute atomic E-state index is 0.149. The molecule has 40 heavy (non-hydrogen) atoms. The van der Waals surface area contributed by atoms with E-state index in [1.165, 1.54) is 11.5 Å². The second-order valence-electron chi connectivity index (χ2n) is 9.51. The van der Waals surface area contributed by atoms with E-state index in [0.717, 1.165) is 6.54 Å². The zero-order valence-electron chi connectivity index (χ0n) is 22.2. The second-order valence-corrected chi connectivity index (χ2v) is 10.7. The lowest BCUT2D eigenvalue weighted by atomic mass is 10.0. The summed E-state index contributed by atoms with van der Waals surface area (Å²) < 4.78 is 56.3. The predicted octanol–water partition coefficient (Wildman–Crippen LogP) is 3.70. The van der Waals surface area contributed by atoms with Gasteiger partial charge in [-0.1, -0.05) is 5.92 Å². The minimum atomic E-state index is -3.20. The van der Waals surface area contributed by atoms with E-state index in [1.807, 2.05) is 11.9 Å². The maximum Gasteiger partial charge on any atom is 0.332 e. The maximum atomic E-state index is 14.8. The summed E-state index contributed by atoms with van der Waals surface area (Å²) >= 11 is 0.336. The summed E-state index contributed by atoms with van der Waals surface area (Å²) in [7, 11) is 4.90. The van der Waals surface area contributed by atoms with Crippen molar-refractivity contribution in [3.63, 3.8) is 0 Å². The van der Waals surface area contributed by atoms with Crippen LogP contribution in [0.1, 0.15) is 22.5 Å². The molecule has 212 valence electrons. The molecule has 2 aromatic heterocycles. The summed E-state index contributed by atoms with van der Waals surface area (Å²) in [5.74, 6) is 6.25. The Bertz CT molecular complexity index is 1490. The first-order chi connectivity index (χ1) is 19.2. The van der Waals surface area contributed by atoms with Crippen molar-refractivity contribution in [2.75, 3.05) is 58.1 Å². The van der Waals surface area contributed by atoms with Crippen molar-refractivity contribution in [3.8, 4) is 23.5 Å². The van der Waals surface area contributed by atoms with Crippen molar-refractivity contribution in [1.29, 1.82) is 0 Å². The molecule has 3 N–H and O–H groups in total. The van der Waals surface area contributed by atoms with Crippen LogP contribution in [-0.4, -0.2) is 85.1 Å². The van der Waals surface area contributed by atoms with Gasteiger partial charge >= 0.3 is 5.25 Å². The summed E-state index contributed by atoms with van der Waals surface area (Å²) in [5, 5.41) is 5.85. The van der Waals surface area contributed by atoms with Crippen LogP contribution in [0.15, 0.2) is 35.4 Å². The average molecular weight is 575 g/mol. The number of aromatic nitrogens is 2. The monoisotopic (exact) mass is 574 g/mol. The van der Waals surface area contributed by atoms with Gasteiger partial charge in [0.15, 0.2) is 12.3 Å². The Labute approximate surface area is 233 Å². The van der Waals surface area contributed by atoms with Crippen LogP contribution >= 0.6 is 11.8 Å². The molecule has 2 aliphatic rings. The Morgan fingerprint density at radius 1 is 1.30 bits per heavy atom. The van der Waals surface area contributed by atoms with Crippen LogP contribution in [0.3, 0.4) is 0 Å². The molecule has 1 amide bonds. The Morgan fingerprint density at radius 3 is 2.85 bits per heavy atom. The Hall–Kier alpha value is -3.76. The number of carbonyl (C=O) groups excluding carboxylic acids is 1. The van der Waals surface area contributed by atoms with Gasteiger partial charge in [0.1, 0.15) is 22.6 Å².